The third-order valence-electron chi connectivity index (χ3n) is 3.20. The first-order chi connectivity index (χ1) is 9.06. The second-order valence-corrected chi connectivity index (χ2v) is 4.70. The molecular weight excluding hydrogens is 240 g/mol. The van der Waals surface area contributed by atoms with Crippen LogP contribution in [-0.2, 0) is 4.79 Å². The largest absolute Gasteiger partial charge is 0.481 e. The molecule has 1 atom stereocenters. The maximum absolute atomic E-state index is 10.5. The van der Waals surface area contributed by atoms with Gasteiger partial charge in [-0.3, -0.25) is 4.79 Å². The molecule has 1 unspecified atom stereocenters. The maximum Gasteiger partial charge on any atom is 0.303 e. The minimum Gasteiger partial charge on any atom is -0.481 e. The van der Waals surface area contributed by atoms with E-state index in [1.54, 1.807) is 0 Å². The molecule has 0 radical (unpaired) electrons. The van der Waals surface area contributed by atoms with Gasteiger partial charge in [-0.25, -0.2) is 0 Å². The molecule has 0 bridgehead atoms. The highest BCUT2D eigenvalue weighted by atomic mass is 16.4. The lowest BCUT2D eigenvalue weighted by molar-refractivity contribution is -0.137. The number of carboxylic acids is 1. The van der Waals surface area contributed by atoms with Crippen LogP contribution in [0.25, 0.3) is 0 Å². The maximum atomic E-state index is 10.5. The molecule has 1 rings (SSSR count). The Morgan fingerprint density at radius 3 is 2.32 bits per heavy atom. The predicted molar refractivity (Wildman–Crippen MR) is 80.0 cm³/mol. The Morgan fingerprint density at radius 1 is 1.26 bits per heavy atom. The van der Waals surface area contributed by atoms with E-state index in [2.05, 4.69) is 36.2 Å². The summed E-state index contributed by atoms with van der Waals surface area (Å²) in [5.41, 5.74) is 2.25. The van der Waals surface area contributed by atoms with Crippen LogP contribution in [0.2, 0.25) is 0 Å². The molecule has 0 heterocycles. The van der Waals surface area contributed by atoms with Crippen LogP contribution in [0.1, 0.15) is 33.6 Å². The van der Waals surface area contributed by atoms with Crippen LogP contribution in [-0.4, -0.2) is 30.2 Å². The first-order valence-electron chi connectivity index (χ1n) is 6.90. The molecule has 0 aliphatic carbocycles. The van der Waals surface area contributed by atoms with Crippen molar-refractivity contribution in [1.82, 2.24) is 0 Å². The summed E-state index contributed by atoms with van der Waals surface area (Å²) < 4.78 is 0. The molecule has 0 aliphatic rings. The van der Waals surface area contributed by atoms with Crippen LogP contribution in [0.15, 0.2) is 24.3 Å². The average molecular weight is 264 g/mol. The first-order valence-corrected chi connectivity index (χ1v) is 6.90. The summed E-state index contributed by atoms with van der Waals surface area (Å²) in [4.78, 5) is 12.8. The molecule has 0 fully saturated rings. The number of hydrogen-bond acceptors (Lipinski definition) is 3. The summed E-state index contributed by atoms with van der Waals surface area (Å²) in [6.07, 6.45) is 0.832. The van der Waals surface area contributed by atoms with Gasteiger partial charge in [0.2, 0.25) is 0 Å². The van der Waals surface area contributed by atoms with Crippen molar-refractivity contribution in [3.05, 3.63) is 24.3 Å². The molecule has 1 aromatic rings. The van der Waals surface area contributed by atoms with Crippen LogP contribution in [0.5, 0.6) is 0 Å². The van der Waals surface area contributed by atoms with Gasteiger partial charge in [-0.15, -0.1) is 0 Å². The van der Waals surface area contributed by atoms with Crippen LogP contribution >= 0.6 is 0 Å². The minimum atomic E-state index is -0.745. The van der Waals surface area contributed by atoms with Crippen molar-refractivity contribution >= 4 is 17.3 Å². The molecule has 0 aliphatic heterocycles. The third-order valence-corrected chi connectivity index (χ3v) is 3.20. The van der Waals surface area contributed by atoms with Gasteiger partial charge in [-0.05, 0) is 51.5 Å². The fraction of sp³-hybridized carbons (Fsp3) is 0.533. The lowest BCUT2D eigenvalue weighted by atomic mass is 10.1. The molecule has 106 valence electrons. The van der Waals surface area contributed by atoms with Crippen molar-refractivity contribution in [3.8, 4) is 0 Å². The zero-order valence-corrected chi connectivity index (χ0v) is 12.0. The Balaban J connectivity index is 2.54. The van der Waals surface area contributed by atoms with Crippen LogP contribution in [0, 0.1) is 0 Å². The van der Waals surface area contributed by atoms with E-state index in [9.17, 15) is 4.79 Å². The fourth-order valence-corrected chi connectivity index (χ4v) is 2.05. The summed E-state index contributed by atoms with van der Waals surface area (Å²) in [5.74, 6) is -0.745. The highest BCUT2D eigenvalue weighted by Crippen LogP contribution is 2.18. The minimum absolute atomic E-state index is 0.162. The normalized spacial score (nSPS) is 11.9. The molecule has 4 heteroatoms. The van der Waals surface area contributed by atoms with E-state index in [0.717, 1.165) is 18.8 Å². The smallest absolute Gasteiger partial charge is 0.303 e. The van der Waals surface area contributed by atoms with E-state index >= 15 is 0 Å². The van der Waals surface area contributed by atoms with Crippen LogP contribution in [0.3, 0.4) is 0 Å². The predicted octanol–water partition coefficient (Wildman–Crippen LogP) is 3.20. The van der Waals surface area contributed by atoms with Crippen molar-refractivity contribution in [2.24, 2.45) is 0 Å². The highest BCUT2D eigenvalue weighted by molar-refractivity contribution is 5.66. The molecule has 2 N–H and O–H groups in total. The number of nitrogens with one attached hydrogen (secondary N) is 1. The van der Waals surface area contributed by atoms with Gasteiger partial charge in [0, 0.05) is 36.9 Å². The SMILES string of the molecule is CCN(CC)c1ccc(NC(C)CCC(=O)O)cc1. The molecule has 0 saturated heterocycles. The Kier molecular flexibility index (Phi) is 6.19. The topological polar surface area (TPSA) is 52.6 Å². The molecule has 0 amide bonds. The lowest BCUT2D eigenvalue weighted by Gasteiger charge is -2.22. The summed E-state index contributed by atoms with van der Waals surface area (Å²) in [6, 6.07) is 8.45. The van der Waals surface area contributed by atoms with Crippen LogP contribution in [0.4, 0.5) is 11.4 Å². The zero-order valence-electron chi connectivity index (χ0n) is 12.0. The van der Waals surface area contributed by atoms with E-state index in [4.69, 9.17) is 5.11 Å². The van der Waals surface area contributed by atoms with Gasteiger partial charge in [0.25, 0.3) is 0 Å². The van der Waals surface area contributed by atoms with Crippen molar-refractivity contribution in [1.29, 1.82) is 0 Å². The lowest BCUT2D eigenvalue weighted by Crippen LogP contribution is -2.21. The Bertz CT molecular complexity index is 386. The second-order valence-electron chi connectivity index (χ2n) is 4.70. The Hall–Kier alpha value is -1.71. The van der Waals surface area contributed by atoms with E-state index in [1.165, 1.54) is 5.69 Å². The van der Waals surface area contributed by atoms with E-state index < -0.39 is 5.97 Å². The van der Waals surface area contributed by atoms with Gasteiger partial charge in [-0.1, -0.05) is 0 Å². The number of aliphatic carboxylic acids is 1. The monoisotopic (exact) mass is 264 g/mol. The number of nitrogens with zero attached hydrogens (tertiary/aromatic N) is 1. The number of hydrogen-bond donors (Lipinski definition) is 2. The van der Waals surface area contributed by atoms with Crippen molar-refractivity contribution in [2.45, 2.75) is 39.7 Å². The molecule has 0 saturated carbocycles. The molecule has 0 aromatic heterocycles. The van der Waals surface area contributed by atoms with Crippen molar-refractivity contribution < 1.29 is 9.90 Å². The molecule has 19 heavy (non-hydrogen) atoms. The number of benzene rings is 1. The zero-order chi connectivity index (χ0) is 14.3. The van der Waals surface area contributed by atoms with Crippen molar-refractivity contribution in [2.75, 3.05) is 23.3 Å². The fourth-order valence-electron chi connectivity index (χ4n) is 2.05. The van der Waals surface area contributed by atoms with Gasteiger partial charge in [0.15, 0.2) is 0 Å². The molecule has 1 aromatic carbocycles. The molecule has 0 spiro atoms. The van der Waals surface area contributed by atoms with E-state index in [1.807, 2.05) is 19.1 Å². The number of carboxylic acid groups (broad SMARTS) is 1. The first kappa shape index (κ1) is 15.3. The molecular formula is C15H24N2O2. The number of carbonyl (C=O) groups is 1. The standard InChI is InChI=1S/C15H24N2O2/c1-4-17(5-2)14-9-7-13(8-10-14)16-12(3)6-11-15(18)19/h7-10,12,16H,4-6,11H2,1-3H3,(H,18,19). The second kappa shape index (κ2) is 7.67. The van der Waals surface area contributed by atoms with E-state index in [0.29, 0.717) is 6.42 Å². The molecule has 4 nitrogen and oxygen atoms in total. The summed E-state index contributed by atoms with van der Waals surface area (Å²) in [5, 5.41) is 12.0. The third kappa shape index (κ3) is 5.20. The van der Waals surface area contributed by atoms with Gasteiger partial charge in [0.1, 0.15) is 0 Å². The van der Waals surface area contributed by atoms with E-state index in [-0.39, 0.29) is 12.5 Å². The van der Waals surface area contributed by atoms with Gasteiger partial charge in [0.05, 0.1) is 0 Å². The highest BCUT2D eigenvalue weighted by Gasteiger charge is 2.06. The van der Waals surface area contributed by atoms with Crippen LogP contribution < -0.4 is 10.2 Å². The van der Waals surface area contributed by atoms with Gasteiger partial charge >= 0.3 is 5.97 Å². The summed E-state index contributed by atoms with van der Waals surface area (Å²) >= 11 is 0. The van der Waals surface area contributed by atoms with Crippen molar-refractivity contribution in [3.63, 3.8) is 0 Å². The summed E-state index contributed by atoms with van der Waals surface area (Å²) in [7, 11) is 0. The quantitative estimate of drug-likeness (QED) is 0.757. The Morgan fingerprint density at radius 2 is 1.84 bits per heavy atom. The number of rotatable bonds is 8. The number of anilines is 2. The summed E-state index contributed by atoms with van der Waals surface area (Å²) in [6.45, 7) is 8.28. The van der Waals surface area contributed by atoms with Gasteiger partial charge in [-0.2, -0.15) is 0 Å². The van der Waals surface area contributed by atoms with Gasteiger partial charge < -0.3 is 15.3 Å². The Labute approximate surface area is 115 Å². The average Bonchev–Trinajstić information content (AvgIpc) is 2.40.